The molecule has 118 valence electrons. The molecule has 5 heteroatoms. The smallest absolute Gasteiger partial charge is 0.335 e. The molecule has 1 aromatic heterocycles. The van der Waals surface area contributed by atoms with Crippen molar-refractivity contribution in [1.82, 2.24) is 4.57 Å². The molecule has 3 aromatic rings. The lowest BCUT2D eigenvalue weighted by Gasteiger charge is -2.10. The van der Waals surface area contributed by atoms with E-state index in [0.717, 1.165) is 16.6 Å². The number of phenolic OH excluding ortho intramolecular Hbond substituents is 1. The number of carboxylic acid groups (broad SMARTS) is 1. The van der Waals surface area contributed by atoms with E-state index in [9.17, 15) is 9.90 Å². The number of aromatic hydroxyl groups is 1. The summed E-state index contributed by atoms with van der Waals surface area (Å²) in [6.07, 6.45) is 0. The van der Waals surface area contributed by atoms with Crippen LogP contribution in [0.3, 0.4) is 0 Å². The van der Waals surface area contributed by atoms with Gasteiger partial charge >= 0.3 is 5.97 Å². The van der Waals surface area contributed by atoms with Crippen molar-refractivity contribution in [2.45, 2.75) is 20.1 Å². The second kappa shape index (κ2) is 6.04. The first kappa shape index (κ1) is 15.0. The number of ether oxygens (including phenoxy) is 1. The van der Waals surface area contributed by atoms with Crippen molar-refractivity contribution in [3.05, 3.63) is 59.8 Å². The third-order valence-corrected chi connectivity index (χ3v) is 3.76. The SMILES string of the molecule is CCn1c(COc2cccc(O)c2)cc2ccc(C(=O)O)cc21. The molecule has 5 nitrogen and oxygen atoms in total. The number of aryl methyl sites for hydroxylation is 1. The van der Waals surface area contributed by atoms with Crippen molar-refractivity contribution in [2.75, 3.05) is 0 Å². The Kier molecular flexibility index (Phi) is 3.93. The van der Waals surface area contributed by atoms with E-state index in [0.29, 0.717) is 18.9 Å². The summed E-state index contributed by atoms with van der Waals surface area (Å²) < 4.78 is 7.76. The molecule has 0 unspecified atom stereocenters. The Hall–Kier alpha value is -2.95. The summed E-state index contributed by atoms with van der Waals surface area (Å²) in [5.74, 6) is -0.193. The minimum atomic E-state index is -0.937. The number of carbonyl (C=O) groups is 1. The van der Waals surface area contributed by atoms with Gasteiger partial charge in [0.1, 0.15) is 18.1 Å². The zero-order valence-electron chi connectivity index (χ0n) is 12.7. The van der Waals surface area contributed by atoms with Crippen molar-refractivity contribution < 1.29 is 19.7 Å². The Balaban J connectivity index is 1.92. The third kappa shape index (κ3) is 2.99. The zero-order chi connectivity index (χ0) is 16.4. The second-order valence-electron chi connectivity index (χ2n) is 5.24. The Morgan fingerprint density at radius 1 is 1.17 bits per heavy atom. The predicted molar refractivity (Wildman–Crippen MR) is 87.0 cm³/mol. The number of benzene rings is 2. The van der Waals surface area contributed by atoms with Crippen LogP contribution < -0.4 is 4.74 Å². The van der Waals surface area contributed by atoms with Crippen molar-refractivity contribution in [1.29, 1.82) is 0 Å². The number of phenols is 1. The van der Waals surface area contributed by atoms with Crippen LogP contribution in [0.15, 0.2) is 48.5 Å². The molecule has 2 N–H and O–H groups in total. The summed E-state index contributed by atoms with van der Waals surface area (Å²) >= 11 is 0. The third-order valence-electron chi connectivity index (χ3n) is 3.76. The van der Waals surface area contributed by atoms with Crippen LogP contribution in [-0.2, 0) is 13.2 Å². The summed E-state index contributed by atoms with van der Waals surface area (Å²) in [6, 6.07) is 13.7. The van der Waals surface area contributed by atoms with Crippen LogP contribution in [-0.4, -0.2) is 20.7 Å². The van der Waals surface area contributed by atoms with Gasteiger partial charge in [-0.2, -0.15) is 0 Å². The van der Waals surface area contributed by atoms with E-state index in [1.807, 2.05) is 23.6 Å². The number of aromatic nitrogens is 1. The molecule has 0 saturated carbocycles. The van der Waals surface area contributed by atoms with E-state index in [2.05, 4.69) is 0 Å². The highest BCUT2D eigenvalue weighted by Gasteiger charge is 2.11. The lowest BCUT2D eigenvalue weighted by Crippen LogP contribution is -2.05. The lowest BCUT2D eigenvalue weighted by atomic mass is 10.1. The maximum Gasteiger partial charge on any atom is 0.335 e. The lowest BCUT2D eigenvalue weighted by molar-refractivity contribution is 0.0697. The summed E-state index contributed by atoms with van der Waals surface area (Å²) in [4.78, 5) is 11.1. The molecule has 0 amide bonds. The number of rotatable bonds is 5. The number of nitrogens with zero attached hydrogens (tertiary/aromatic N) is 1. The van der Waals surface area contributed by atoms with Gasteiger partial charge < -0.3 is 19.5 Å². The van der Waals surface area contributed by atoms with E-state index in [1.54, 1.807) is 36.4 Å². The van der Waals surface area contributed by atoms with Crippen LogP contribution in [0.2, 0.25) is 0 Å². The molecular formula is C18H17NO4. The Bertz CT molecular complexity index is 867. The second-order valence-corrected chi connectivity index (χ2v) is 5.24. The van der Waals surface area contributed by atoms with E-state index in [4.69, 9.17) is 9.84 Å². The van der Waals surface area contributed by atoms with Crippen LogP contribution in [0.1, 0.15) is 23.0 Å². The molecule has 0 radical (unpaired) electrons. The highest BCUT2D eigenvalue weighted by molar-refractivity contribution is 5.93. The van der Waals surface area contributed by atoms with Crippen molar-refractivity contribution >= 4 is 16.9 Å². The van der Waals surface area contributed by atoms with Gasteiger partial charge in [-0.25, -0.2) is 4.79 Å². The molecule has 23 heavy (non-hydrogen) atoms. The van der Waals surface area contributed by atoms with Gasteiger partial charge in [-0.15, -0.1) is 0 Å². The first-order valence-corrected chi connectivity index (χ1v) is 7.35. The van der Waals surface area contributed by atoms with Gasteiger partial charge in [0.15, 0.2) is 0 Å². The van der Waals surface area contributed by atoms with Crippen LogP contribution in [0, 0.1) is 0 Å². The van der Waals surface area contributed by atoms with Gasteiger partial charge in [-0.3, -0.25) is 0 Å². The highest BCUT2D eigenvalue weighted by Crippen LogP contribution is 2.24. The minimum Gasteiger partial charge on any atom is -0.508 e. The zero-order valence-corrected chi connectivity index (χ0v) is 12.7. The molecule has 0 aliphatic rings. The predicted octanol–water partition coefficient (Wildman–Crippen LogP) is 3.64. The van der Waals surface area contributed by atoms with Crippen LogP contribution >= 0.6 is 0 Å². The molecule has 0 bridgehead atoms. The molecule has 0 atom stereocenters. The fourth-order valence-electron chi connectivity index (χ4n) is 2.67. The van der Waals surface area contributed by atoms with Gasteiger partial charge in [-0.1, -0.05) is 12.1 Å². The summed E-state index contributed by atoms with van der Waals surface area (Å²) in [5.41, 5.74) is 2.10. The number of carboxylic acids is 1. The fourth-order valence-corrected chi connectivity index (χ4v) is 2.67. The first-order chi connectivity index (χ1) is 11.1. The maximum absolute atomic E-state index is 11.1. The van der Waals surface area contributed by atoms with E-state index < -0.39 is 5.97 Å². The fraction of sp³-hybridized carbons (Fsp3) is 0.167. The first-order valence-electron chi connectivity index (χ1n) is 7.35. The summed E-state index contributed by atoms with van der Waals surface area (Å²) in [7, 11) is 0. The van der Waals surface area contributed by atoms with E-state index in [1.165, 1.54) is 0 Å². The Labute approximate surface area is 133 Å². The molecule has 0 spiro atoms. The standard InChI is InChI=1S/C18H17NO4/c1-2-19-14(11-23-16-5-3-4-15(20)10-16)8-12-6-7-13(18(21)22)9-17(12)19/h3-10,20H,2,11H2,1H3,(H,21,22). The van der Waals surface area contributed by atoms with E-state index in [-0.39, 0.29) is 11.3 Å². The highest BCUT2D eigenvalue weighted by atomic mass is 16.5. The normalized spacial score (nSPS) is 10.8. The van der Waals surface area contributed by atoms with Crippen LogP contribution in [0.4, 0.5) is 0 Å². The van der Waals surface area contributed by atoms with Gasteiger partial charge in [0.25, 0.3) is 0 Å². The molecule has 0 aliphatic carbocycles. The molecule has 0 aliphatic heterocycles. The summed E-state index contributed by atoms with van der Waals surface area (Å²) in [6.45, 7) is 3.06. The average Bonchev–Trinajstić information content (AvgIpc) is 2.89. The Morgan fingerprint density at radius 3 is 2.70 bits per heavy atom. The molecule has 2 aromatic carbocycles. The summed E-state index contributed by atoms with van der Waals surface area (Å²) in [5, 5.41) is 19.6. The molecule has 3 rings (SSSR count). The van der Waals surface area contributed by atoms with Gasteiger partial charge in [0, 0.05) is 23.5 Å². The quantitative estimate of drug-likeness (QED) is 0.754. The largest absolute Gasteiger partial charge is 0.508 e. The van der Waals surface area contributed by atoms with Crippen molar-refractivity contribution in [3.8, 4) is 11.5 Å². The van der Waals surface area contributed by atoms with Gasteiger partial charge in [0.2, 0.25) is 0 Å². The van der Waals surface area contributed by atoms with Gasteiger partial charge in [0.05, 0.1) is 11.3 Å². The molecule has 0 fully saturated rings. The van der Waals surface area contributed by atoms with E-state index >= 15 is 0 Å². The van der Waals surface area contributed by atoms with Crippen molar-refractivity contribution in [2.24, 2.45) is 0 Å². The maximum atomic E-state index is 11.1. The number of hydrogen-bond acceptors (Lipinski definition) is 3. The topological polar surface area (TPSA) is 71.7 Å². The Morgan fingerprint density at radius 2 is 2.00 bits per heavy atom. The molecular weight excluding hydrogens is 294 g/mol. The molecule has 1 heterocycles. The number of fused-ring (bicyclic) bond motifs is 1. The minimum absolute atomic E-state index is 0.157. The van der Waals surface area contributed by atoms with Crippen molar-refractivity contribution in [3.63, 3.8) is 0 Å². The number of hydrogen-bond donors (Lipinski definition) is 2. The molecule has 0 saturated heterocycles. The van der Waals surface area contributed by atoms with Crippen LogP contribution in [0.25, 0.3) is 10.9 Å². The average molecular weight is 311 g/mol. The number of aromatic carboxylic acids is 1. The monoisotopic (exact) mass is 311 g/mol. The van der Waals surface area contributed by atoms with Crippen LogP contribution in [0.5, 0.6) is 11.5 Å². The van der Waals surface area contributed by atoms with Gasteiger partial charge in [-0.05, 0) is 37.3 Å².